The standard InChI is InChI=1S/C11H12N2.2ClH/c1-8(12)10-4-2-3-9-5-6-13-7-11(9)10;;/h2-8H,12H2,1H3;2*1H/t8-;;/m0../s1. The van der Waals surface area contributed by atoms with Gasteiger partial charge >= 0.3 is 0 Å². The summed E-state index contributed by atoms with van der Waals surface area (Å²) in [6, 6.07) is 8.22. The molecule has 82 valence electrons. The van der Waals surface area contributed by atoms with Gasteiger partial charge in [0.25, 0.3) is 0 Å². The van der Waals surface area contributed by atoms with Gasteiger partial charge in [-0.15, -0.1) is 24.8 Å². The van der Waals surface area contributed by atoms with E-state index in [1.807, 2.05) is 25.3 Å². The number of rotatable bonds is 1. The summed E-state index contributed by atoms with van der Waals surface area (Å²) < 4.78 is 0. The molecule has 0 unspecified atom stereocenters. The number of benzene rings is 1. The largest absolute Gasteiger partial charge is 0.324 e. The molecule has 0 amide bonds. The van der Waals surface area contributed by atoms with Gasteiger partial charge < -0.3 is 5.73 Å². The average Bonchev–Trinajstić information content (AvgIpc) is 2.17. The van der Waals surface area contributed by atoms with E-state index in [2.05, 4.69) is 17.1 Å². The topological polar surface area (TPSA) is 38.9 Å². The molecule has 0 aliphatic rings. The fraction of sp³-hybridized carbons (Fsp3) is 0.182. The van der Waals surface area contributed by atoms with E-state index < -0.39 is 0 Å². The SMILES string of the molecule is C[C@H](N)c1cccc2ccncc12.Cl.Cl. The van der Waals surface area contributed by atoms with Gasteiger partial charge in [-0.1, -0.05) is 18.2 Å². The number of hydrogen-bond donors (Lipinski definition) is 1. The smallest absolute Gasteiger partial charge is 0.0349 e. The molecule has 2 aromatic rings. The van der Waals surface area contributed by atoms with Crippen LogP contribution in [0.5, 0.6) is 0 Å². The number of pyridine rings is 1. The lowest BCUT2D eigenvalue weighted by Crippen LogP contribution is -2.05. The summed E-state index contributed by atoms with van der Waals surface area (Å²) in [5, 5.41) is 2.35. The molecule has 1 aromatic heterocycles. The second-order valence-electron chi connectivity index (χ2n) is 3.23. The van der Waals surface area contributed by atoms with Crippen LogP contribution in [0.4, 0.5) is 0 Å². The third-order valence-corrected chi connectivity index (χ3v) is 2.21. The van der Waals surface area contributed by atoms with Gasteiger partial charge in [-0.25, -0.2) is 0 Å². The van der Waals surface area contributed by atoms with Crippen LogP contribution < -0.4 is 5.73 Å². The average molecular weight is 245 g/mol. The van der Waals surface area contributed by atoms with Crippen molar-refractivity contribution in [3.63, 3.8) is 0 Å². The van der Waals surface area contributed by atoms with Crippen LogP contribution in [0.15, 0.2) is 36.7 Å². The van der Waals surface area contributed by atoms with Crippen LogP contribution in [-0.2, 0) is 0 Å². The van der Waals surface area contributed by atoms with Gasteiger partial charge in [-0.05, 0) is 23.9 Å². The molecule has 2 nitrogen and oxygen atoms in total. The highest BCUT2D eigenvalue weighted by atomic mass is 35.5. The van der Waals surface area contributed by atoms with E-state index in [0.29, 0.717) is 0 Å². The summed E-state index contributed by atoms with van der Waals surface area (Å²) in [6.07, 6.45) is 3.67. The van der Waals surface area contributed by atoms with Crippen LogP contribution in [0.3, 0.4) is 0 Å². The van der Waals surface area contributed by atoms with Crippen molar-refractivity contribution < 1.29 is 0 Å². The minimum Gasteiger partial charge on any atom is -0.324 e. The zero-order valence-corrected chi connectivity index (χ0v) is 10.0. The summed E-state index contributed by atoms with van der Waals surface area (Å²) >= 11 is 0. The summed E-state index contributed by atoms with van der Waals surface area (Å²) in [4.78, 5) is 4.10. The first-order valence-corrected chi connectivity index (χ1v) is 4.37. The molecule has 15 heavy (non-hydrogen) atoms. The fourth-order valence-corrected chi connectivity index (χ4v) is 1.53. The first-order valence-electron chi connectivity index (χ1n) is 4.37. The summed E-state index contributed by atoms with van der Waals surface area (Å²) in [5.41, 5.74) is 7.01. The minimum atomic E-state index is 0. The second-order valence-corrected chi connectivity index (χ2v) is 3.23. The Morgan fingerprint density at radius 1 is 1.20 bits per heavy atom. The summed E-state index contributed by atoms with van der Waals surface area (Å²) in [6.45, 7) is 1.99. The van der Waals surface area contributed by atoms with Crippen molar-refractivity contribution in [1.82, 2.24) is 4.98 Å². The molecule has 0 saturated heterocycles. The normalized spacial score (nSPS) is 11.3. The Morgan fingerprint density at radius 2 is 1.93 bits per heavy atom. The van der Waals surface area contributed by atoms with Crippen molar-refractivity contribution >= 4 is 35.6 Å². The molecule has 2 N–H and O–H groups in total. The monoisotopic (exact) mass is 244 g/mol. The van der Waals surface area contributed by atoms with E-state index in [4.69, 9.17) is 5.73 Å². The number of fused-ring (bicyclic) bond motifs is 1. The quantitative estimate of drug-likeness (QED) is 0.838. The highest BCUT2D eigenvalue weighted by Crippen LogP contribution is 2.21. The van der Waals surface area contributed by atoms with Crippen LogP contribution >= 0.6 is 24.8 Å². The maximum absolute atomic E-state index is 5.85. The molecule has 0 aliphatic carbocycles. The molecule has 2 rings (SSSR count). The molecular weight excluding hydrogens is 231 g/mol. The molecule has 1 atom stereocenters. The predicted molar refractivity (Wildman–Crippen MR) is 68.8 cm³/mol. The van der Waals surface area contributed by atoms with Gasteiger partial charge in [0.15, 0.2) is 0 Å². The highest BCUT2D eigenvalue weighted by Gasteiger charge is 2.03. The predicted octanol–water partition coefficient (Wildman–Crippen LogP) is 3.10. The van der Waals surface area contributed by atoms with Gasteiger partial charge in [0, 0.05) is 23.8 Å². The van der Waals surface area contributed by atoms with E-state index in [-0.39, 0.29) is 30.9 Å². The lowest BCUT2D eigenvalue weighted by atomic mass is 10.0. The van der Waals surface area contributed by atoms with Crippen molar-refractivity contribution in [1.29, 1.82) is 0 Å². The zero-order valence-electron chi connectivity index (χ0n) is 8.38. The van der Waals surface area contributed by atoms with Crippen LogP contribution in [0.25, 0.3) is 10.8 Å². The number of aromatic nitrogens is 1. The molecule has 0 saturated carbocycles. The second kappa shape index (κ2) is 5.91. The summed E-state index contributed by atoms with van der Waals surface area (Å²) in [7, 11) is 0. The zero-order chi connectivity index (χ0) is 9.26. The Hall–Kier alpha value is -0.830. The number of halogens is 2. The van der Waals surface area contributed by atoms with E-state index in [0.717, 1.165) is 10.9 Å². The molecular formula is C11H14Cl2N2. The number of nitrogens with two attached hydrogens (primary N) is 1. The third kappa shape index (κ3) is 2.81. The molecule has 0 radical (unpaired) electrons. The first-order chi connectivity index (χ1) is 6.29. The van der Waals surface area contributed by atoms with Gasteiger partial charge in [0.2, 0.25) is 0 Å². The van der Waals surface area contributed by atoms with Crippen molar-refractivity contribution in [3.05, 3.63) is 42.2 Å². The molecule has 1 aromatic carbocycles. The van der Waals surface area contributed by atoms with Gasteiger partial charge in [-0.3, -0.25) is 4.98 Å². The maximum atomic E-state index is 5.85. The molecule has 0 bridgehead atoms. The van der Waals surface area contributed by atoms with Crippen molar-refractivity contribution in [2.45, 2.75) is 13.0 Å². The minimum absolute atomic E-state index is 0. The number of nitrogens with zero attached hydrogens (tertiary/aromatic N) is 1. The lowest BCUT2D eigenvalue weighted by molar-refractivity contribution is 0.826. The molecule has 0 spiro atoms. The Morgan fingerprint density at radius 3 is 2.60 bits per heavy atom. The first kappa shape index (κ1) is 14.2. The van der Waals surface area contributed by atoms with Crippen molar-refractivity contribution in [2.75, 3.05) is 0 Å². The van der Waals surface area contributed by atoms with E-state index in [1.54, 1.807) is 6.20 Å². The summed E-state index contributed by atoms with van der Waals surface area (Å²) in [5.74, 6) is 0. The maximum Gasteiger partial charge on any atom is 0.0349 e. The molecule has 4 heteroatoms. The van der Waals surface area contributed by atoms with E-state index in [9.17, 15) is 0 Å². The van der Waals surface area contributed by atoms with E-state index >= 15 is 0 Å². The van der Waals surface area contributed by atoms with Gasteiger partial charge in [0.05, 0.1) is 0 Å². The molecule has 1 heterocycles. The molecule has 0 aliphatic heterocycles. The van der Waals surface area contributed by atoms with Crippen LogP contribution in [0.2, 0.25) is 0 Å². The van der Waals surface area contributed by atoms with E-state index in [1.165, 1.54) is 5.39 Å². The van der Waals surface area contributed by atoms with Crippen LogP contribution in [-0.4, -0.2) is 4.98 Å². The van der Waals surface area contributed by atoms with Gasteiger partial charge in [0.1, 0.15) is 0 Å². The third-order valence-electron chi connectivity index (χ3n) is 2.21. The van der Waals surface area contributed by atoms with Gasteiger partial charge in [-0.2, -0.15) is 0 Å². The molecule has 0 fully saturated rings. The fourth-order valence-electron chi connectivity index (χ4n) is 1.53. The lowest BCUT2D eigenvalue weighted by Gasteiger charge is -2.08. The Balaban J connectivity index is 0.000000980. The number of hydrogen-bond acceptors (Lipinski definition) is 2. The van der Waals surface area contributed by atoms with Crippen molar-refractivity contribution in [3.8, 4) is 0 Å². The van der Waals surface area contributed by atoms with Crippen molar-refractivity contribution in [2.24, 2.45) is 5.73 Å². The van der Waals surface area contributed by atoms with Crippen LogP contribution in [0, 0.1) is 0 Å². The Kier molecular flexibility index (Phi) is 5.58. The Bertz CT molecular complexity index is 424. The van der Waals surface area contributed by atoms with Crippen LogP contribution in [0.1, 0.15) is 18.5 Å². The highest BCUT2D eigenvalue weighted by molar-refractivity contribution is 5.86. The Labute approximate surface area is 102 Å².